The third kappa shape index (κ3) is 4.13. The minimum atomic E-state index is 0.432. The van der Waals surface area contributed by atoms with Gasteiger partial charge in [-0.3, -0.25) is 0 Å². The molecule has 1 rings (SSSR count). The molecule has 2 atom stereocenters. The average Bonchev–Trinajstić information content (AvgIpc) is 2.20. The average molecular weight is 195 g/mol. The zero-order chi connectivity index (χ0) is 10.2. The third-order valence-corrected chi connectivity index (χ3v) is 2.68. The Hall–Kier alpha value is -0.520. The van der Waals surface area contributed by atoms with Gasteiger partial charge in [0.05, 0.1) is 6.10 Å². The van der Waals surface area contributed by atoms with Crippen LogP contribution in [0.15, 0.2) is 0 Å². The summed E-state index contributed by atoms with van der Waals surface area (Å²) in [5, 5.41) is 3.41. The van der Waals surface area contributed by atoms with Gasteiger partial charge in [0.25, 0.3) is 0 Å². The molecular formula is C12H21NO. The number of terminal acetylenes is 1. The van der Waals surface area contributed by atoms with E-state index in [1.807, 2.05) is 0 Å². The molecule has 1 N–H and O–H groups in total. The maximum absolute atomic E-state index is 5.69. The van der Waals surface area contributed by atoms with Crippen LogP contribution >= 0.6 is 0 Å². The lowest BCUT2D eigenvalue weighted by Crippen LogP contribution is -2.34. The Balaban J connectivity index is 2.26. The van der Waals surface area contributed by atoms with Crippen molar-refractivity contribution in [1.29, 1.82) is 0 Å². The molecule has 0 amide bonds. The molecule has 80 valence electrons. The van der Waals surface area contributed by atoms with E-state index in [4.69, 9.17) is 11.2 Å². The van der Waals surface area contributed by atoms with Gasteiger partial charge in [-0.25, -0.2) is 0 Å². The quantitative estimate of drug-likeness (QED) is 0.677. The molecule has 14 heavy (non-hydrogen) atoms. The second-order valence-corrected chi connectivity index (χ2v) is 3.89. The van der Waals surface area contributed by atoms with Crippen molar-refractivity contribution >= 4 is 0 Å². The predicted molar refractivity (Wildman–Crippen MR) is 59.1 cm³/mol. The lowest BCUT2D eigenvalue weighted by molar-refractivity contribution is 0.00563. The molecule has 1 saturated heterocycles. The standard InChI is InChI=1S/C12H21NO/c1-3-7-11(13-4-2)10-12-8-5-6-9-14-12/h1,11-13H,4-10H2,2H3. The fourth-order valence-corrected chi connectivity index (χ4v) is 1.98. The highest BCUT2D eigenvalue weighted by molar-refractivity contribution is 4.90. The van der Waals surface area contributed by atoms with Crippen molar-refractivity contribution in [3.63, 3.8) is 0 Å². The largest absolute Gasteiger partial charge is 0.378 e. The molecule has 2 nitrogen and oxygen atoms in total. The van der Waals surface area contributed by atoms with Crippen LogP contribution < -0.4 is 5.32 Å². The molecule has 0 saturated carbocycles. The maximum Gasteiger partial charge on any atom is 0.0590 e. The fourth-order valence-electron chi connectivity index (χ4n) is 1.98. The first-order valence-corrected chi connectivity index (χ1v) is 5.65. The Morgan fingerprint density at radius 3 is 3.00 bits per heavy atom. The van der Waals surface area contributed by atoms with Gasteiger partial charge in [-0.15, -0.1) is 12.3 Å². The van der Waals surface area contributed by atoms with Crippen molar-refractivity contribution in [3.05, 3.63) is 0 Å². The van der Waals surface area contributed by atoms with Crippen LogP contribution in [-0.2, 0) is 4.74 Å². The minimum Gasteiger partial charge on any atom is -0.378 e. The number of hydrogen-bond donors (Lipinski definition) is 1. The molecule has 0 radical (unpaired) electrons. The van der Waals surface area contributed by atoms with Gasteiger partial charge in [-0.2, -0.15) is 0 Å². The highest BCUT2D eigenvalue weighted by atomic mass is 16.5. The molecule has 0 aromatic carbocycles. The molecule has 0 aromatic heterocycles. The molecule has 0 aromatic rings. The van der Waals surface area contributed by atoms with Gasteiger partial charge >= 0.3 is 0 Å². The Morgan fingerprint density at radius 2 is 2.43 bits per heavy atom. The van der Waals surface area contributed by atoms with E-state index in [-0.39, 0.29) is 0 Å². The molecule has 0 aliphatic carbocycles. The smallest absolute Gasteiger partial charge is 0.0590 e. The Morgan fingerprint density at radius 1 is 1.57 bits per heavy atom. The number of rotatable bonds is 5. The third-order valence-electron chi connectivity index (χ3n) is 2.68. The first kappa shape index (κ1) is 11.6. The molecule has 1 heterocycles. The lowest BCUT2D eigenvalue weighted by atomic mass is 10.00. The van der Waals surface area contributed by atoms with Crippen molar-refractivity contribution < 1.29 is 4.74 Å². The van der Waals surface area contributed by atoms with Crippen molar-refractivity contribution in [1.82, 2.24) is 5.32 Å². The molecule has 1 fully saturated rings. The molecule has 2 heteroatoms. The van der Waals surface area contributed by atoms with Crippen molar-refractivity contribution in [3.8, 4) is 12.3 Å². The van der Waals surface area contributed by atoms with Gasteiger partial charge in [0, 0.05) is 19.1 Å². The van der Waals surface area contributed by atoms with Gasteiger partial charge < -0.3 is 10.1 Å². The first-order valence-electron chi connectivity index (χ1n) is 5.65. The summed E-state index contributed by atoms with van der Waals surface area (Å²) in [4.78, 5) is 0. The van der Waals surface area contributed by atoms with Crippen LogP contribution in [0.2, 0.25) is 0 Å². The Labute approximate surface area is 87.4 Å². The highest BCUT2D eigenvalue weighted by Crippen LogP contribution is 2.17. The number of hydrogen-bond acceptors (Lipinski definition) is 2. The van der Waals surface area contributed by atoms with Crippen LogP contribution in [0, 0.1) is 12.3 Å². The summed E-state index contributed by atoms with van der Waals surface area (Å²) in [6.07, 6.45) is 11.4. The summed E-state index contributed by atoms with van der Waals surface area (Å²) in [7, 11) is 0. The summed E-state index contributed by atoms with van der Waals surface area (Å²) in [6, 6.07) is 0.438. The minimum absolute atomic E-state index is 0.432. The van der Waals surface area contributed by atoms with Crippen LogP contribution in [0.4, 0.5) is 0 Å². The Kier molecular flexibility index (Phi) is 5.66. The highest BCUT2D eigenvalue weighted by Gasteiger charge is 2.18. The topological polar surface area (TPSA) is 21.3 Å². The van der Waals surface area contributed by atoms with E-state index in [0.29, 0.717) is 12.1 Å². The van der Waals surface area contributed by atoms with Crippen LogP contribution in [0.1, 0.15) is 39.0 Å². The molecule has 1 aliphatic heterocycles. The van der Waals surface area contributed by atoms with Gasteiger partial charge in [0.1, 0.15) is 0 Å². The number of ether oxygens (including phenoxy) is 1. The summed E-state index contributed by atoms with van der Waals surface area (Å²) in [5.41, 5.74) is 0. The van der Waals surface area contributed by atoms with Crippen LogP contribution in [0.3, 0.4) is 0 Å². The normalized spacial score (nSPS) is 24.1. The predicted octanol–water partition coefficient (Wildman–Crippen LogP) is 1.95. The summed E-state index contributed by atoms with van der Waals surface area (Å²) < 4.78 is 5.69. The second kappa shape index (κ2) is 6.86. The van der Waals surface area contributed by atoms with Crippen LogP contribution in [0.5, 0.6) is 0 Å². The van der Waals surface area contributed by atoms with Gasteiger partial charge in [0.15, 0.2) is 0 Å². The van der Waals surface area contributed by atoms with Gasteiger partial charge in [-0.05, 0) is 32.2 Å². The SMILES string of the molecule is C#CCC(CC1CCCCO1)NCC. The van der Waals surface area contributed by atoms with E-state index in [0.717, 1.165) is 26.0 Å². The molecule has 2 unspecified atom stereocenters. The van der Waals surface area contributed by atoms with Crippen molar-refractivity contribution in [2.24, 2.45) is 0 Å². The van der Waals surface area contributed by atoms with Crippen molar-refractivity contribution in [2.75, 3.05) is 13.2 Å². The van der Waals surface area contributed by atoms with Gasteiger partial charge in [-0.1, -0.05) is 6.92 Å². The van der Waals surface area contributed by atoms with E-state index >= 15 is 0 Å². The van der Waals surface area contributed by atoms with E-state index in [1.165, 1.54) is 19.3 Å². The zero-order valence-electron chi connectivity index (χ0n) is 9.09. The lowest BCUT2D eigenvalue weighted by Gasteiger charge is -2.26. The van der Waals surface area contributed by atoms with Crippen molar-refractivity contribution in [2.45, 2.75) is 51.2 Å². The number of nitrogens with one attached hydrogen (secondary N) is 1. The summed E-state index contributed by atoms with van der Waals surface area (Å²) >= 11 is 0. The van der Waals surface area contributed by atoms with E-state index in [1.54, 1.807) is 0 Å². The van der Waals surface area contributed by atoms with E-state index in [9.17, 15) is 0 Å². The second-order valence-electron chi connectivity index (χ2n) is 3.89. The summed E-state index contributed by atoms with van der Waals surface area (Å²) in [6.45, 7) is 4.03. The van der Waals surface area contributed by atoms with E-state index in [2.05, 4.69) is 18.2 Å². The van der Waals surface area contributed by atoms with Crippen LogP contribution in [0.25, 0.3) is 0 Å². The fraction of sp³-hybridized carbons (Fsp3) is 0.833. The molecule has 1 aliphatic rings. The molecular weight excluding hydrogens is 174 g/mol. The first-order chi connectivity index (χ1) is 6.86. The van der Waals surface area contributed by atoms with Crippen LogP contribution in [-0.4, -0.2) is 25.3 Å². The Bertz CT molecular complexity index is 179. The summed E-state index contributed by atoms with van der Waals surface area (Å²) in [5.74, 6) is 2.72. The van der Waals surface area contributed by atoms with E-state index < -0.39 is 0 Å². The molecule has 0 bridgehead atoms. The monoisotopic (exact) mass is 195 g/mol. The molecule has 0 spiro atoms. The zero-order valence-corrected chi connectivity index (χ0v) is 9.09. The maximum atomic E-state index is 5.69. The van der Waals surface area contributed by atoms with Gasteiger partial charge in [0.2, 0.25) is 0 Å².